The van der Waals surface area contributed by atoms with Gasteiger partial charge >= 0.3 is 5.97 Å². The van der Waals surface area contributed by atoms with Crippen LogP contribution in [0.25, 0.3) is 0 Å². The highest BCUT2D eigenvalue weighted by atomic mass is 35.5. The lowest BCUT2D eigenvalue weighted by molar-refractivity contribution is -0.118. The van der Waals surface area contributed by atoms with E-state index in [2.05, 4.69) is 40.3 Å². The number of amides is 1. The van der Waals surface area contributed by atoms with Crippen LogP contribution in [-0.2, 0) is 4.79 Å². The highest BCUT2D eigenvalue weighted by Crippen LogP contribution is 2.40. The van der Waals surface area contributed by atoms with Crippen molar-refractivity contribution < 1.29 is 19.4 Å². The van der Waals surface area contributed by atoms with Gasteiger partial charge in [-0.15, -0.1) is 0 Å². The summed E-state index contributed by atoms with van der Waals surface area (Å²) in [6.45, 7) is 3.29. The number of ether oxygens (including phenoxy) is 1. The fourth-order valence-corrected chi connectivity index (χ4v) is 5.34. The maximum Gasteiger partial charge on any atom is 0.336 e. The van der Waals surface area contributed by atoms with Gasteiger partial charge in [-0.1, -0.05) is 42.0 Å². The standard InChI is InChI=1S/C28H29ClN4O4/c1-15-7-12-19(13-21(15)27(35)36)37-28-31-24-14-22(29)25(32-26(24)33-28)18-10-8-17(9-11-18)20-5-3-4-6-23(20)30-16(2)34/h6-10,12-14,18,20,28,31H,3-5,11H2,1-2H3,(H,30,34)(H,32,33)(H,35,36). The first-order valence-corrected chi connectivity index (χ1v) is 12.8. The van der Waals surface area contributed by atoms with E-state index in [0.717, 1.165) is 37.1 Å². The normalized spacial score (nSPS) is 22.2. The van der Waals surface area contributed by atoms with Gasteiger partial charge in [0.2, 0.25) is 12.3 Å². The molecule has 0 saturated heterocycles. The summed E-state index contributed by atoms with van der Waals surface area (Å²) in [7, 11) is 0. The maximum absolute atomic E-state index is 11.6. The number of nitrogens with zero attached hydrogens (tertiary/aromatic N) is 1. The topological polar surface area (TPSA) is 113 Å². The van der Waals surface area contributed by atoms with Crippen molar-refractivity contribution in [3.8, 4) is 5.75 Å². The number of fused-ring (bicyclic) bond motifs is 1. The molecule has 2 aliphatic carbocycles. The summed E-state index contributed by atoms with van der Waals surface area (Å²) in [4.78, 5) is 27.9. The SMILES string of the molecule is CC(=O)NC1=CCCCC1C1=CCC(c2nc3c(cc2Cl)NC(Oc2ccc(C)c(C(=O)O)c2)N3)C=C1. The first-order valence-electron chi connectivity index (χ1n) is 12.4. The van der Waals surface area contributed by atoms with Crippen molar-refractivity contribution in [2.24, 2.45) is 5.92 Å². The smallest absolute Gasteiger partial charge is 0.336 e. The summed E-state index contributed by atoms with van der Waals surface area (Å²) in [5.74, 6) is 0.233. The molecule has 2 aromatic rings. The summed E-state index contributed by atoms with van der Waals surface area (Å²) in [5, 5.41) is 19.3. The fraction of sp³-hybridized carbons (Fsp3) is 0.321. The Hall–Kier alpha value is -3.78. The summed E-state index contributed by atoms with van der Waals surface area (Å²) >= 11 is 6.64. The molecule has 2 heterocycles. The molecule has 9 heteroatoms. The fourth-order valence-electron chi connectivity index (χ4n) is 5.05. The Bertz CT molecular complexity index is 1350. The molecule has 8 nitrogen and oxygen atoms in total. The molecule has 0 spiro atoms. The van der Waals surface area contributed by atoms with E-state index in [1.54, 1.807) is 26.0 Å². The van der Waals surface area contributed by atoms with E-state index < -0.39 is 12.3 Å². The number of carbonyl (C=O) groups excluding carboxylic acids is 1. The van der Waals surface area contributed by atoms with Crippen molar-refractivity contribution in [2.75, 3.05) is 10.6 Å². The Balaban J connectivity index is 1.28. The molecule has 0 radical (unpaired) electrons. The van der Waals surface area contributed by atoms with E-state index in [0.29, 0.717) is 27.8 Å². The van der Waals surface area contributed by atoms with Crippen molar-refractivity contribution in [2.45, 2.75) is 51.8 Å². The molecular formula is C28H29ClN4O4. The number of hydrogen-bond donors (Lipinski definition) is 4. The molecule has 1 amide bonds. The zero-order chi connectivity index (χ0) is 26.1. The zero-order valence-electron chi connectivity index (χ0n) is 20.7. The van der Waals surface area contributed by atoms with Gasteiger partial charge in [0, 0.05) is 24.5 Å². The summed E-state index contributed by atoms with van der Waals surface area (Å²) in [6, 6.07) is 6.79. The minimum absolute atomic E-state index is 0.0235. The minimum atomic E-state index is -1.000. The van der Waals surface area contributed by atoms with Crippen molar-refractivity contribution in [3.05, 3.63) is 81.7 Å². The highest BCUT2D eigenvalue weighted by Gasteiger charge is 2.28. The van der Waals surface area contributed by atoms with E-state index in [1.165, 1.54) is 11.6 Å². The van der Waals surface area contributed by atoms with Crippen LogP contribution in [0.3, 0.4) is 0 Å². The summed E-state index contributed by atoms with van der Waals surface area (Å²) in [5.41, 5.74) is 4.55. The van der Waals surface area contributed by atoms with Crippen LogP contribution >= 0.6 is 11.6 Å². The lowest BCUT2D eigenvalue weighted by Crippen LogP contribution is -2.29. The Morgan fingerprint density at radius 2 is 2.05 bits per heavy atom. The number of aromatic carboxylic acids is 1. The third kappa shape index (κ3) is 5.34. The van der Waals surface area contributed by atoms with Crippen LogP contribution in [-0.4, -0.2) is 28.3 Å². The third-order valence-corrected chi connectivity index (χ3v) is 7.19. The number of rotatable bonds is 6. The second kappa shape index (κ2) is 10.3. The van der Waals surface area contributed by atoms with Crippen LogP contribution in [0.4, 0.5) is 11.5 Å². The Morgan fingerprint density at radius 1 is 1.22 bits per heavy atom. The number of anilines is 2. The van der Waals surface area contributed by atoms with Gasteiger partial charge in [-0.05, 0) is 61.9 Å². The number of allylic oxidation sites excluding steroid dienone is 5. The predicted molar refractivity (Wildman–Crippen MR) is 143 cm³/mol. The lowest BCUT2D eigenvalue weighted by atomic mass is 9.81. The molecule has 1 aromatic heterocycles. The van der Waals surface area contributed by atoms with Crippen LogP contribution in [0.5, 0.6) is 5.75 Å². The molecule has 1 aliphatic heterocycles. The number of aromatic nitrogens is 1. The number of benzene rings is 1. The van der Waals surface area contributed by atoms with Gasteiger partial charge in [0.15, 0.2) is 5.82 Å². The number of pyridine rings is 1. The van der Waals surface area contributed by atoms with Crippen LogP contribution in [0.15, 0.2) is 59.8 Å². The van der Waals surface area contributed by atoms with Gasteiger partial charge in [-0.2, -0.15) is 0 Å². The molecule has 3 unspecified atom stereocenters. The van der Waals surface area contributed by atoms with E-state index in [4.69, 9.17) is 21.3 Å². The van der Waals surface area contributed by atoms with Gasteiger partial charge in [0.05, 0.1) is 22.0 Å². The van der Waals surface area contributed by atoms with E-state index in [-0.39, 0.29) is 23.3 Å². The quantitative estimate of drug-likeness (QED) is 0.384. The molecular weight excluding hydrogens is 492 g/mol. The number of carboxylic acid groups (broad SMARTS) is 1. The molecule has 3 aliphatic rings. The maximum atomic E-state index is 11.6. The van der Waals surface area contributed by atoms with Crippen molar-refractivity contribution in [1.29, 1.82) is 0 Å². The van der Waals surface area contributed by atoms with Crippen LogP contribution < -0.4 is 20.7 Å². The molecule has 4 N–H and O–H groups in total. The zero-order valence-corrected chi connectivity index (χ0v) is 21.4. The molecule has 0 saturated carbocycles. The van der Waals surface area contributed by atoms with Gasteiger partial charge < -0.3 is 25.8 Å². The number of carbonyl (C=O) groups is 2. The number of nitrogens with one attached hydrogen (secondary N) is 3. The number of hydrogen-bond acceptors (Lipinski definition) is 6. The average Bonchev–Trinajstić information content (AvgIpc) is 3.25. The Morgan fingerprint density at radius 3 is 2.78 bits per heavy atom. The van der Waals surface area contributed by atoms with Gasteiger partial charge in [-0.25, -0.2) is 9.78 Å². The number of halogens is 1. The van der Waals surface area contributed by atoms with E-state index in [9.17, 15) is 14.7 Å². The highest BCUT2D eigenvalue weighted by molar-refractivity contribution is 6.31. The molecule has 5 rings (SSSR count). The average molecular weight is 521 g/mol. The molecule has 192 valence electrons. The Labute approximate surface area is 220 Å². The summed E-state index contributed by atoms with van der Waals surface area (Å²) < 4.78 is 5.92. The van der Waals surface area contributed by atoms with Crippen molar-refractivity contribution in [3.63, 3.8) is 0 Å². The number of aryl methyl sites for hydroxylation is 1. The minimum Gasteiger partial charge on any atom is -0.478 e. The van der Waals surface area contributed by atoms with Crippen molar-refractivity contribution in [1.82, 2.24) is 10.3 Å². The number of carboxylic acids is 1. The van der Waals surface area contributed by atoms with Crippen LogP contribution in [0.2, 0.25) is 5.02 Å². The monoisotopic (exact) mass is 520 g/mol. The summed E-state index contributed by atoms with van der Waals surface area (Å²) in [6.07, 6.45) is 11.8. The first kappa shape index (κ1) is 24.9. The molecule has 0 fully saturated rings. The van der Waals surface area contributed by atoms with Gasteiger partial charge in [0.1, 0.15) is 5.75 Å². The molecule has 1 aromatic carbocycles. The third-order valence-electron chi connectivity index (χ3n) is 6.89. The van der Waals surface area contributed by atoms with Gasteiger partial charge in [-0.3, -0.25) is 4.79 Å². The molecule has 0 bridgehead atoms. The van der Waals surface area contributed by atoms with Crippen molar-refractivity contribution >= 4 is 35.0 Å². The first-order chi connectivity index (χ1) is 17.8. The lowest BCUT2D eigenvalue weighted by Gasteiger charge is -2.28. The Kier molecular flexibility index (Phi) is 6.93. The molecule has 3 atom stereocenters. The molecule has 37 heavy (non-hydrogen) atoms. The van der Waals surface area contributed by atoms with E-state index in [1.807, 2.05) is 6.07 Å². The largest absolute Gasteiger partial charge is 0.478 e. The van der Waals surface area contributed by atoms with Crippen LogP contribution in [0.1, 0.15) is 60.1 Å². The van der Waals surface area contributed by atoms with Crippen LogP contribution in [0, 0.1) is 12.8 Å². The van der Waals surface area contributed by atoms with E-state index >= 15 is 0 Å². The second-order valence-electron chi connectivity index (χ2n) is 9.55. The predicted octanol–water partition coefficient (Wildman–Crippen LogP) is 5.73. The van der Waals surface area contributed by atoms with Gasteiger partial charge in [0.25, 0.3) is 0 Å². The second-order valence-corrected chi connectivity index (χ2v) is 9.96.